The number of amides is 1. The maximum Gasteiger partial charge on any atom is 0.244 e. The van der Waals surface area contributed by atoms with Gasteiger partial charge in [-0.15, -0.1) is 0 Å². The van der Waals surface area contributed by atoms with Gasteiger partial charge >= 0.3 is 0 Å². The number of hydrogen-bond acceptors (Lipinski definition) is 5. The van der Waals surface area contributed by atoms with Gasteiger partial charge in [-0.25, -0.2) is 9.07 Å². The number of hydrogen-bond donors (Lipinski definition) is 1. The second kappa shape index (κ2) is 11.6. The molecular weight excluding hydrogens is 467 g/mol. The number of rotatable bonds is 8. The van der Waals surface area contributed by atoms with Crippen molar-refractivity contribution in [2.75, 3.05) is 44.2 Å². The molecule has 2 aromatic carbocycles. The topological polar surface area (TPSA) is 66.3 Å². The molecule has 1 amide bonds. The fourth-order valence-electron chi connectivity index (χ4n) is 4.39. The molecule has 0 atom stereocenters. The summed E-state index contributed by atoms with van der Waals surface area (Å²) >= 11 is 0. The third kappa shape index (κ3) is 6.29. The van der Waals surface area contributed by atoms with E-state index in [2.05, 4.69) is 20.1 Å². The van der Waals surface area contributed by atoms with Crippen LogP contribution >= 0.6 is 0 Å². The van der Waals surface area contributed by atoms with E-state index in [9.17, 15) is 9.18 Å². The van der Waals surface area contributed by atoms with Gasteiger partial charge < -0.3 is 10.2 Å². The highest BCUT2D eigenvalue weighted by molar-refractivity contribution is 5.92. The molecule has 5 rings (SSSR count). The highest BCUT2D eigenvalue weighted by atomic mass is 19.1. The van der Waals surface area contributed by atoms with Gasteiger partial charge in [-0.1, -0.05) is 18.2 Å². The van der Waals surface area contributed by atoms with Gasteiger partial charge in [0.15, 0.2) is 0 Å². The van der Waals surface area contributed by atoms with Crippen molar-refractivity contribution < 1.29 is 9.18 Å². The van der Waals surface area contributed by atoms with Crippen LogP contribution in [-0.2, 0) is 4.79 Å². The SMILES string of the molecule is O=C(/C=C/c1cn(-c2ccccc2)nc1-c1cccnc1)NCCN1CCN(c2ccc(F)cc2)CC1. The Balaban J connectivity index is 1.15. The van der Waals surface area contributed by atoms with E-state index < -0.39 is 0 Å². The number of nitrogens with zero attached hydrogens (tertiary/aromatic N) is 5. The Hall–Kier alpha value is -4.30. The number of halogens is 1. The van der Waals surface area contributed by atoms with Crippen molar-refractivity contribution in [2.24, 2.45) is 0 Å². The zero-order chi connectivity index (χ0) is 25.5. The fourth-order valence-corrected chi connectivity index (χ4v) is 4.39. The minimum Gasteiger partial charge on any atom is -0.369 e. The molecule has 7 nitrogen and oxygen atoms in total. The van der Waals surface area contributed by atoms with Crippen LogP contribution in [0.2, 0.25) is 0 Å². The molecule has 0 bridgehead atoms. The minimum absolute atomic E-state index is 0.144. The second-order valence-electron chi connectivity index (χ2n) is 8.88. The van der Waals surface area contributed by atoms with Gasteiger partial charge in [0.2, 0.25) is 5.91 Å². The van der Waals surface area contributed by atoms with Gasteiger partial charge in [0.25, 0.3) is 0 Å². The Morgan fingerprint density at radius 2 is 1.73 bits per heavy atom. The summed E-state index contributed by atoms with van der Waals surface area (Å²) in [6.45, 7) is 4.90. The molecule has 0 unspecified atom stereocenters. The molecule has 1 aliphatic heterocycles. The first-order valence-corrected chi connectivity index (χ1v) is 12.4. The van der Waals surface area contributed by atoms with Crippen LogP contribution in [-0.4, -0.2) is 64.8 Å². The van der Waals surface area contributed by atoms with Crippen molar-refractivity contribution in [2.45, 2.75) is 0 Å². The summed E-state index contributed by atoms with van der Waals surface area (Å²) in [6.07, 6.45) is 8.76. The highest BCUT2D eigenvalue weighted by Crippen LogP contribution is 2.24. The molecule has 1 fully saturated rings. The third-order valence-corrected chi connectivity index (χ3v) is 6.40. The highest BCUT2D eigenvalue weighted by Gasteiger charge is 2.17. The molecule has 0 spiro atoms. The Morgan fingerprint density at radius 3 is 2.46 bits per heavy atom. The van der Waals surface area contributed by atoms with Crippen LogP contribution in [0, 0.1) is 5.82 Å². The minimum atomic E-state index is -0.217. The van der Waals surface area contributed by atoms with Crippen LogP contribution in [0.1, 0.15) is 5.56 Å². The summed E-state index contributed by atoms with van der Waals surface area (Å²) in [7, 11) is 0. The van der Waals surface area contributed by atoms with Crippen LogP contribution in [0.4, 0.5) is 10.1 Å². The lowest BCUT2D eigenvalue weighted by atomic mass is 10.1. The fraction of sp³-hybridized carbons (Fsp3) is 0.207. The number of anilines is 1. The van der Waals surface area contributed by atoms with Crippen molar-refractivity contribution in [3.8, 4) is 16.9 Å². The van der Waals surface area contributed by atoms with E-state index in [0.29, 0.717) is 6.54 Å². The molecule has 1 N–H and O–H groups in total. The van der Waals surface area contributed by atoms with Gasteiger partial charge in [-0.05, 0) is 54.6 Å². The number of pyridine rings is 1. The van der Waals surface area contributed by atoms with Gasteiger partial charge in [-0.3, -0.25) is 14.7 Å². The number of carbonyl (C=O) groups is 1. The zero-order valence-electron chi connectivity index (χ0n) is 20.5. The maximum atomic E-state index is 13.2. The summed E-state index contributed by atoms with van der Waals surface area (Å²) in [6, 6.07) is 20.3. The molecule has 1 saturated heterocycles. The lowest BCUT2D eigenvalue weighted by molar-refractivity contribution is -0.116. The van der Waals surface area contributed by atoms with Crippen molar-refractivity contribution >= 4 is 17.7 Å². The van der Waals surface area contributed by atoms with Crippen LogP contribution < -0.4 is 10.2 Å². The number of nitrogens with one attached hydrogen (secondary N) is 1. The molecule has 3 heterocycles. The first kappa shape index (κ1) is 24.4. The predicted molar refractivity (Wildman–Crippen MR) is 144 cm³/mol. The van der Waals surface area contributed by atoms with Crippen molar-refractivity contribution in [3.63, 3.8) is 0 Å². The summed E-state index contributed by atoms with van der Waals surface area (Å²) in [5, 5.41) is 7.73. The molecule has 4 aromatic rings. The van der Waals surface area contributed by atoms with Crippen molar-refractivity contribution in [3.05, 3.63) is 103 Å². The smallest absolute Gasteiger partial charge is 0.244 e. The summed E-state index contributed by atoms with van der Waals surface area (Å²) in [5.74, 6) is -0.361. The number of aromatic nitrogens is 3. The zero-order valence-corrected chi connectivity index (χ0v) is 20.5. The molecule has 1 aliphatic rings. The van der Waals surface area contributed by atoms with E-state index >= 15 is 0 Å². The van der Waals surface area contributed by atoms with Crippen molar-refractivity contribution in [1.29, 1.82) is 0 Å². The van der Waals surface area contributed by atoms with E-state index in [1.165, 1.54) is 12.1 Å². The lowest BCUT2D eigenvalue weighted by Gasteiger charge is -2.36. The summed E-state index contributed by atoms with van der Waals surface area (Å²) in [5.41, 5.74) is 4.47. The predicted octanol–water partition coefficient (Wildman–Crippen LogP) is 4.03. The summed E-state index contributed by atoms with van der Waals surface area (Å²) < 4.78 is 15.0. The average molecular weight is 497 g/mol. The lowest BCUT2D eigenvalue weighted by Crippen LogP contribution is -2.48. The summed E-state index contributed by atoms with van der Waals surface area (Å²) in [4.78, 5) is 21.4. The van der Waals surface area contributed by atoms with E-state index in [4.69, 9.17) is 5.10 Å². The maximum absolute atomic E-state index is 13.2. The molecule has 188 valence electrons. The third-order valence-electron chi connectivity index (χ3n) is 6.40. The molecule has 37 heavy (non-hydrogen) atoms. The number of piperazine rings is 1. The first-order valence-electron chi connectivity index (χ1n) is 12.4. The Morgan fingerprint density at radius 1 is 0.946 bits per heavy atom. The van der Waals surface area contributed by atoms with E-state index in [1.807, 2.05) is 65.5 Å². The van der Waals surface area contributed by atoms with Crippen LogP contribution in [0.5, 0.6) is 0 Å². The number of carbonyl (C=O) groups excluding carboxylic acids is 1. The standard InChI is InChI=1S/C29H29FN6O/c30-25-9-11-26(12-10-25)35-19-17-34(18-20-35)16-15-32-28(37)13-8-24-22-36(27-6-2-1-3-7-27)33-29(24)23-5-4-14-31-21-23/h1-14,21-22H,15-20H2,(H,32,37)/b13-8+. The van der Waals surface area contributed by atoms with Crippen molar-refractivity contribution in [1.82, 2.24) is 25.0 Å². The molecule has 8 heteroatoms. The Kier molecular flexibility index (Phi) is 7.66. The second-order valence-corrected chi connectivity index (χ2v) is 8.88. The van der Waals surface area contributed by atoms with Gasteiger partial charge in [0.05, 0.1) is 5.69 Å². The quantitative estimate of drug-likeness (QED) is 0.373. The molecule has 0 aliphatic carbocycles. The van der Waals surface area contributed by atoms with Gasteiger partial charge in [0, 0.05) is 80.7 Å². The number of benzene rings is 2. The van der Waals surface area contributed by atoms with Gasteiger partial charge in [-0.2, -0.15) is 5.10 Å². The molecular formula is C29H29FN6O. The first-order chi connectivity index (χ1) is 18.2. The van der Waals surface area contributed by atoms with Gasteiger partial charge in [0.1, 0.15) is 11.5 Å². The van der Waals surface area contributed by atoms with Crippen LogP contribution in [0.25, 0.3) is 23.0 Å². The average Bonchev–Trinajstić information content (AvgIpc) is 3.38. The van der Waals surface area contributed by atoms with E-state index in [1.54, 1.807) is 24.5 Å². The monoisotopic (exact) mass is 496 g/mol. The number of para-hydroxylation sites is 1. The van der Waals surface area contributed by atoms with Crippen LogP contribution in [0.3, 0.4) is 0 Å². The van der Waals surface area contributed by atoms with Crippen LogP contribution in [0.15, 0.2) is 91.4 Å². The Labute approximate surface area is 215 Å². The normalized spacial score (nSPS) is 14.2. The van der Waals surface area contributed by atoms with E-state index in [-0.39, 0.29) is 11.7 Å². The molecule has 2 aromatic heterocycles. The largest absolute Gasteiger partial charge is 0.369 e. The Bertz CT molecular complexity index is 1330. The molecule has 0 radical (unpaired) electrons. The molecule has 0 saturated carbocycles. The van der Waals surface area contributed by atoms with E-state index in [0.717, 1.165) is 60.9 Å².